The van der Waals surface area contributed by atoms with E-state index in [1.165, 1.54) is 0 Å². The zero-order chi connectivity index (χ0) is 15.1. The van der Waals surface area contributed by atoms with Gasteiger partial charge in [0.05, 0.1) is 12.2 Å². The van der Waals surface area contributed by atoms with E-state index in [1.807, 2.05) is 36.2 Å². The molecule has 1 aromatic heterocycles. The second-order valence-corrected chi connectivity index (χ2v) is 5.40. The van der Waals surface area contributed by atoms with Crippen LogP contribution in [-0.2, 0) is 6.54 Å². The van der Waals surface area contributed by atoms with Crippen LogP contribution in [0.4, 0.5) is 11.4 Å². The van der Waals surface area contributed by atoms with Gasteiger partial charge in [-0.25, -0.2) is 0 Å². The van der Waals surface area contributed by atoms with Gasteiger partial charge in [0.1, 0.15) is 18.1 Å². The number of benzene rings is 1. The molecule has 0 fully saturated rings. The van der Waals surface area contributed by atoms with Gasteiger partial charge in [-0.05, 0) is 18.2 Å². The maximum atomic E-state index is 5.74. The summed E-state index contributed by atoms with van der Waals surface area (Å²) in [6, 6.07) is 10.0. The molecule has 5 nitrogen and oxygen atoms in total. The number of anilines is 2. The monoisotopic (exact) mass is 292 g/mol. The molecule has 1 N–H and O–H groups in total. The van der Waals surface area contributed by atoms with Crippen molar-refractivity contribution in [2.24, 2.45) is 4.99 Å². The standard InChI is InChI=1S/C17H16N4O/c1-11-10-22-15-8-13(5-6-14(15)21(11)2)20-17-16-12(9-19-17)4-3-7-18-16/h3-8H,1,9-10H2,2H3,(H,19,20). The number of nitrogens with zero attached hydrogens (tertiary/aromatic N) is 3. The molecular formula is C17H16N4O. The van der Waals surface area contributed by atoms with Gasteiger partial charge in [-0.2, -0.15) is 0 Å². The Balaban J connectivity index is 1.62. The van der Waals surface area contributed by atoms with Gasteiger partial charge in [0.25, 0.3) is 0 Å². The van der Waals surface area contributed by atoms with Crippen LogP contribution in [0.25, 0.3) is 0 Å². The molecule has 1 aromatic carbocycles. The first-order valence-electron chi connectivity index (χ1n) is 7.16. The fourth-order valence-electron chi connectivity index (χ4n) is 2.67. The van der Waals surface area contributed by atoms with E-state index in [-0.39, 0.29) is 0 Å². The summed E-state index contributed by atoms with van der Waals surface area (Å²) in [6.45, 7) is 5.17. The number of fused-ring (bicyclic) bond motifs is 2. The van der Waals surface area contributed by atoms with Gasteiger partial charge < -0.3 is 15.0 Å². The fourth-order valence-corrected chi connectivity index (χ4v) is 2.67. The van der Waals surface area contributed by atoms with Crippen molar-refractivity contribution in [3.05, 3.63) is 60.1 Å². The van der Waals surface area contributed by atoms with Crippen LogP contribution in [0.2, 0.25) is 0 Å². The molecule has 0 bridgehead atoms. The zero-order valence-electron chi connectivity index (χ0n) is 12.3. The topological polar surface area (TPSA) is 49.8 Å². The number of likely N-dealkylation sites (N-methyl/N-ethyl adjacent to an activating group) is 1. The van der Waals surface area contributed by atoms with Crippen molar-refractivity contribution in [1.29, 1.82) is 0 Å². The second kappa shape index (κ2) is 4.87. The molecule has 0 radical (unpaired) electrons. The van der Waals surface area contributed by atoms with E-state index in [2.05, 4.69) is 27.9 Å². The van der Waals surface area contributed by atoms with E-state index >= 15 is 0 Å². The predicted octanol–water partition coefficient (Wildman–Crippen LogP) is 2.80. The average Bonchev–Trinajstić information content (AvgIpc) is 2.94. The van der Waals surface area contributed by atoms with Crippen molar-refractivity contribution in [2.45, 2.75) is 6.54 Å². The third-order valence-electron chi connectivity index (χ3n) is 3.98. The van der Waals surface area contributed by atoms with Crippen LogP contribution in [0, 0.1) is 0 Å². The summed E-state index contributed by atoms with van der Waals surface area (Å²) in [5, 5.41) is 3.34. The van der Waals surface area contributed by atoms with Crippen LogP contribution < -0.4 is 15.0 Å². The lowest BCUT2D eigenvalue weighted by Gasteiger charge is -2.29. The summed E-state index contributed by atoms with van der Waals surface area (Å²) in [5.41, 5.74) is 4.99. The SMILES string of the molecule is C=C1COc2cc(NC3=NCc4cccnc43)ccc2N1C. The molecule has 0 unspecified atom stereocenters. The Bertz CT molecular complexity index is 797. The molecule has 2 aromatic rings. The van der Waals surface area contributed by atoms with Crippen LogP contribution in [-0.4, -0.2) is 24.5 Å². The van der Waals surface area contributed by atoms with Gasteiger partial charge >= 0.3 is 0 Å². The lowest BCUT2D eigenvalue weighted by atomic mass is 10.2. The Hall–Kier alpha value is -2.82. The molecule has 0 atom stereocenters. The van der Waals surface area contributed by atoms with Crippen molar-refractivity contribution >= 4 is 17.2 Å². The summed E-state index contributed by atoms with van der Waals surface area (Å²) in [4.78, 5) is 11.0. The number of ether oxygens (including phenoxy) is 1. The number of hydrogen-bond donors (Lipinski definition) is 1. The van der Waals surface area contributed by atoms with Gasteiger partial charge in [-0.15, -0.1) is 0 Å². The first-order valence-corrected chi connectivity index (χ1v) is 7.16. The Labute approximate surface area is 129 Å². The summed E-state index contributed by atoms with van der Waals surface area (Å²) in [5.74, 6) is 1.66. The Kier molecular flexibility index (Phi) is 2.85. The maximum Gasteiger partial charge on any atom is 0.152 e. The van der Waals surface area contributed by atoms with Gasteiger partial charge in [-0.3, -0.25) is 9.98 Å². The summed E-state index contributed by atoms with van der Waals surface area (Å²) in [7, 11) is 2.00. The van der Waals surface area contributed by atoms with Crippen LogP contribution in [0.3, 0.4) is 0 Å². The van der Waals surface area contributed by atoms with E-state index in [4.69, 9.17) is 4.74 Å². The zero-order valence-corrected chi connectivity index (χ0v) is 12.3. The lowest BCUT2D eigenvalue weighted by molar-refractivity contribution is 0.338. The van der Waals surface area contributed by atoms with E-state index in [9.17, 15) is 0 Å². The van der Waals surface area contributed by atoms with Gasteiger partial charge in [-0.1, -0.05) is 12.6 Å². The number of nitrogens with one attached hydrogen (secondary N) is 1. The molecule has 4 rings (SSSR count). The molecule has 0 spiro atoms. The fraction of sp³-hybridized carbons (Fsp3) is 0.176. The van der Waals surface area contributed by atoms with Gasteiger partial charge in [0.2, 0.25) is 0 Å². The summed E-state index contributed by atoms with van der Waals surface area (Å²) in [6.07, 6.45) is 1.79. The Morgan fingerprint density at radius 3 is 3.14 bits per heavy atom. The molecule has 0 saturated heterocycles. The minimum atomic E-state index is 0.512. The van der Waals surface area contributed by atoms with Crippen molar-refractivity contribution in [3.8, 4) is 5.75 Å². The first-order chi connectivity index (χ1) is 10.7. The molecule has 22 heavy (non-hydrogen) atoms. The summed E-state index contributed by atoms with van der Waals surface area (Å²) < 4.78 is 5.74. The number of pyridine rings is 1. The summed E-state index contributed by atoms with van der Waals surface area (Å²) >= 11 is 0. The molecule has 110 valence electrons. The Morgan fingerprint density at radius 1 is 1.32 bits per heavy atom. The minimum Gasteiger partial charge on any atom is -0.485 e. The minimum absolute atomic E-state index is 0.512. The van der Waals surface area contributed by atoms with Gasteiger partial charge in [0, 0.05) is 36.3 Å². The third-order valence-corrected chi connectivity index (χ3v) is 3.98. The van der Waals surface area contributed by atoms with Crippen LogP contribution in [0.15, 0.2) is 53.8 Å². The van der Waals surface area contributed by atoms with Crippen LogP contribution in [0.5, 0.6) is 5.75 Å². The molecule has 2 aliphatic heterocycles. The normalized spacial score (nSPS) is 15.8. The van der Waals surface area contributed by atoms with Gasteiger partial charge in [0.15, 0.2) is 5.84 Å². The average molecular weight is 292 g/mol. The molecular weight excluding hydrogens is 276 g/mol. The first kappa shape index (κ1) is 12.9. The maximum absolute atomic E-state index is 5.74. The Morgan fingerprint density at radius 2 is 2.23 bits per heavy atom. The largest absolute Gasteiger partial charge is 0.485 e. The molecule has 3 heterocycles. The second-order valence-electron chi connectivity index (χ2n) is 5.40. The van der Waals surface area contributed by atoms with E-state index in [0.29, 0.717) is 13.2 Å². The molecule has 0 saturated carbocycles. The molecule has 0 aliphatic carbocycles. The van der Waals surface area contributed by atoms with E-state index in [1.54, 1.807) is 6.20 Å². The smallest absolute Gasteiger partial charge is 0.152 e. The molecule has 0 amide bonds. The number of hydrogen-bond acceptors (Lipinski definition) is 5. The van der Waals surface area contributed by atoms with Crippen molar-refractivity contribution in [3.63, 3.8) is 0 Å². The van der Waals surface area contributed by atoms with Crippen molar-refractivity contribution in [2.75, 3.05) is 23.9 Å². The number of aromatic nitrogens is 1. The highest BCUT2D eigenvalue weighted by atomic mass is 16.5. The third kappa shape index (κ3) is 2.02. The molecule has 5 heteroatoms. The van der Waals surface area contributed by atoms with Crippen LogP contribution in [0.1, 0.15) is 11.3 Å². The number of amidine groups is 1. The quantitative estimate of drug-likeness (QED) is 0.878. The number of rotatable bonds is 1. The molecule has 2 aliphatic rings. The lowest BCUT2D eigenvalue weighted by Crippen LogP contribution is -2.26. The van der Waals surface area contributed by atoms with E-state index < -0.39 is 0 Å². The highest BCUT2D eigenvalue weighted by Gasteiger charge is 2.20. The highest BCUT2D eigenvalue weighted by molar-refractivity contribution is 6.09. The van der Waals surface area contributed by atoms with Crippen molar-refractivity contribution < 1.29 is 4.74 Å². The predicted molar refractivity (Wildman–Crippen MR) is 87.6 cm³/mol. The highest BCUT2D eigenvalue weighted by Crippen LogP contribution is 2.36. The van der Waals surface area contributed by atoms with Crippen LogP contribution >= 0.6 is 0 Å². The van der Waals surface area contributed by atoms with Crippen molar-refractivity contribution in [1.82, 2.24) is 4.98 Å². The van der Waals surface area contributed by atoms with E-state index in [0.717, 1.165) is 39.9 Å². The number of aliphatic imine (C=N–C) groups is 1.